The first-order chi connectivity index (χ1) is 8.75. The van der Waals surface area contributed by atoms with E-state index in [-0.39, 0.29) is 0 Å². The molecule has 1 aromatic heterocycles. The maximum atomic E-state index is 5.95. The minimum atomic E-state index is 0.483. The molecular formula is C14H15BrN2O. The first-order valence-corrected chi connectivity index (χ1v) is 7.04. The van der Waals surface area contributed by atoms with Crippen LogP contribution < -0.4 is 5.73 Å². The Morgan fingerprint density at radius 1 is 1.33 bits per heavy atom. The summed E-state index contributed by atoms with van der Waals surface area (Å²) in [5, 5.41) is 3.93. The third-order valence-electron chi connectivity index (χ3n) is 3.63. The molecule has 1 heterocycles. The van der Waals surface area contributed by atoms with Crippen molar-refractivity contribution in [3.63, 3.8) is 0 Å². The summed E-state index contributed by atoms with van der Waals surface area (Å²) in [6, 6.07) is 8.04. The summed E-state index contributed by atoms with van der Waals surface area (Å²) in [5.41, 5.74) is 7.97. The van der Waals surface area contributed by atoms with E-state index < -0.39 is 0 Å². The molecule has 1 aliphatic rings. The maximum absolute atomic E-state index is 5.95. The summed E-state index contributed by atoms with van der Waals surface area (Å²) in [4.78, 5) is 0. The van der Waals surface area contributed by atoms with Gasteiger partial charge in [-0.05, 0) is 12.0 Å². The Balaban J connectivity index is 1.99. The fourth-order valence-corrected chi connectivity index (χ4v) is 2.87. The van der Waals surface area contributed by atoms with E-state index in [0.29, 0.717) is 5.82 Å². The lowest BCUT2D eigenvalue weighted by Crippen LogP contribution is -2.13. The highest BCUT2D eigenvalue weighted by molar-refractivity contribution is 9.10. The van der Waals surface area contributed by atoms with Crippen molar-refractivity contribution < 1.29 is 4.52 Å². The molecule has 18 heavy (non-hydrogen) atoms. The molecule has 94 valence electrons. The van der Waals surface area contributed by atoms with E-state index in [1.54, 1.807) is 0 Å². The molecule has 0 bridgehead atoms. The Kier molecular flexibility index (Phi) is 3.12. The molecule has 1 fully saturated rings. The predicted octanol–water partition coefficient (Wildman–Crippen LogP) is 4.03. The Labute approximate surface area is 114 Å². The highest BCUT2D eigenvalue weighted by Crippen LogP contribution is 2.38. The number of halogens is 1. The van der Waals surface area contributed by atoms with Crippen molar-refractivity contribution in [2.45, 2.75) is 25.7 Å². The van der Waals surface area contributed by atoms with Crippen LogP contribution in [0.4, 0.5) is 5.82 Å². The Morgan fingerprint density at radius 2 is 2.11 bits per heavy atom. The molecule has 0 unspecified atom stereocenters. The second-order valence-corrected chi connectivity index (χ2v) is 5.70. The van der Waals surface area contributed by atoms with E-state index in [2.05, 4.69) is 21.1 Å². The number of rotatable bonds is 3. The molecule has 4 heteroatoms. The number of hydrogen-bond donors (Lipinski definition) is 1. The van der Waals surface area contributed by atoms with Gasteiger partial charge in [0.25, 0.3) is 0 Å². The van der Waals surface area contributed by atoms with Crippen molar-refractivity contribution in [2.75, 3.05) is 5.73 Å². The van der Waals surface area contributed by atoms with Gasteiger partial charge in [0.15, 0.2) is 5.82 Å². The van der Waals surface area contributed by atoms with Gasteiger partial charge in [-0.15, -0.1) is 0 Å². The molecule has 0 radical (unpaired) electrons. The third-order valence-corrected chi connectivity index (χ3v) is 4.32. The normalized spacial score (nSPS) is 15.6. The average molecular weight is 307 g/mol. The smallest absolute Gasteiger partial charge is 0.175 e. The summed E-state index contributed by atoms with van der Waals surface area (Å²) >= 11 is 3.56. The first-order valence-electron chi connectivity index (χ1n) is 6.24. The van der Waals surface area contributed by atoms with Crippen LogP contribution in [-0.4, -0.2) is 5.16 Å². The summed E-state index contributed by atoms with van der Waals surface area (Å²) in [6.07, 6.45) is 4.85. The minimum absolute atomic E-state index is 0.483. The molecule has 0 amide bonds. The zero-order chi connectivity index (χ0) is 12.5. The minimum Gasteiger partial charge on any atom is -0.380 e. The van der Waals surface area contributed by atoms with Gasteiger partial charge >= 0.3 is 0 Å². The molecule has 1 saturated carbocycles. The fraction of sp³-hybridized carbons (Fsp3) is 0.357. The lowest BCUT2D eigenvalue weighted by atomic mass is 9.81. The third kappa shape index (κ3) is 2.05. The van der Waals surface area contributed by atoms with Crippen LogP contribution in [0.3, 0.4) is 0 Å². The van der Waals surface area contributed by atoms with Crippen LogP contribution in [-0.2, 0) is 6.42 Å². The van der Waals surface area contributed by atoms with Crippen LogP contribution in [0.2, 0.25) is 0 Å². The van der Waals surface area contributed by atoms with Gasteiger partial charge in [-0.1, -0.05) is 58.5 Å². The van der Waals surface area contributed by atoms with E-state index in [0.717, 1.165) is 33.7 Å². The van der Waals surface area contributed by atoms with Crippen molar-refractivity contribution in [1.82, 2.24) is 5.16 Å². The number of nitrogen functional groups attached to an aromatic ring is 1. The Bertz CT molecular complexity index is 561. The van der Waals surface area contributed by atoms with E-state index in [9.17, 15) is 0 Å². The molecular weight excluding hydrogens is 292 g/mol. The van der Waals surface area contributed by atoms with Crippen LogP contribution in [0.25, 0.3) is 11.1 Å². The van der Waals surface area contributed by atoms with Crippen LogP contribution in [0.15, 0.2) is 33.3 Å². The van der Waals surface area contributed by atoms with Crippen LogP contribution >= 0.6 is 15.9 Å². The maximum Gasteiger partial charge on any atom is 0.175 e. The first kappa shape index (κ1) is 11.8. The molecule has 2 aromatic rings. The summed E-state index contributed by atoms with van der Waals surface area (Å²) < 4.78 is 6.44. The topological polar surface area (TPSA) is 52.0 Å². The Morgan fingerprint density at radius 3 is 2.78 bits per heavy atom. The molecule has 1 aliphatic carbocycles. The van der Waals surface area contributed by atoms with Gasteiger partial charge in [0.1, 0.15) is 5.76 Å². The lowest BCUT2D eigenvalue weighted by molar-refractivity contribution is 0.279. The summed E-state index contributed by atoms with van der Waals surface area (Å²) in [7, 11) is 0. The van der Waals surface area contributed by atoms with Crippen molar-refractivity contribution in [2.24, 2.45) is 5.92 Å². The van der Waals surface area contributed by atoms with Gasteiger partial charge < -0.3 is 10.3 Å². The summed E-state index contributed by atoms with van der Waals surface area (Å²) in [5.74, 6) is 2.14. The van der Waals surface area contributed by atoms with E-state index in [1.165, 1.54) is 19.3 Å². The molecule has 0 aliphatic heterocycles. The molecule has 1 aromatic carbocycles. The molecule has 0 spiro atoms. The SMILES string of the molecule is Nc1noc(CC2CCC2)c1-c1ccccc1Br. The zero-order valence-electron chi connectivity index (χ0n) is 10.0. The number of benzene rings is 1. The van der Waals surface area contributed by atoms with Crippen molar-refractivity contribution in [3.8, 4) is 11.1 Å². The van der Waals surface area contributed by atoms with E-state index >= 15 is 0 Å². The zero-order valence-corrected chi connectivity index (χ0v) is 11.6. The number of nitrogens with two attached hydrogens (primary N) is 1. The van der Waals surface area contributed by atoms with Gasteiger partial charge in [-0.2, -0.15) is 0 Å². The van der Waals surface area contributed by atoms with E-state index in [4.69, 9.17) is 10.3 Å². The second-order valence-electron chi connectivity index (χ2n) is 4.85. The van der Waals surface area contributed by atoms with E-state index in [1.807, 2.05) is 24.3 Å². The van der Waals surface area contributed by atoms with Crippen LogP contribution in [0, 0.1) is 5.92 Å². The quantitative estimate of drug-likeness (QED) is 0.931. The van der Waals surface area contributed by atoms with Crippen molar-refractivity contribution >= 4 is 21.7 Å². The largest absolute Gasteiger partial charge is 0.380 e. The highest BCUT2D eigenvalue weighted by atomic mass is 79.9. The molecule has 0 saturated heterocycles. The Hall–Kier alpha value is -1.29. The van der Waals surface area contributed by atoms with Gasteiger partial charge in [0, 0.05) is 16.5 Å². The number of aromatic nitrogens is 1. The van der Waals surface area contributed by atoms with Gasteiger partial charge in [-0.3, -0.25) is 0 Å². The van der Waals surface area contributed by atoms with Crippen molar-refractivity contribution in [1.29, 1.82) is 0 Å². The van der Waals surface area contributed by atoms with Gasteiger partial charge in [0.2, 0.25) is 0 Å². The second kappa shape index (κ2) is 4.76. The predicted molar refractivity (Wildman–Crippen MR) is 75.1 cm³/mol. The highest BCUT2D eigenvalue weighted by Gasteiger charge is 2.24. The molecule has 3 rings (SSSR count). The average Bonchev–Trinajstić information content (AvgIpc) is 2.66. The molecule has 3 nitrogen and oxygen atoms in total. The fourth-order valence-electron chi connectivity index (χ4n) is 2.39. The molecule has 2 N–H and O–H groups in total. The number of anilines is 1. The monoisotopic (exact) mass is 306 g/mol. The lowest BCUT2D eigenvalue weighted by Gasteiger charge is -2.24. The van der Waals surface area contributed by atoms with Crippen LogP contribution in [0.1, 0.15) is 25.0 Å². The van der Waals surface area contributed by atoms with Crippen LogP contribution in [0.5, 0.6) is 0 Å². The standard InChI is InChI=1S/C14H15BrN2O/c15-11-7-2-1-6-10(11)13-12(18-17-14(13)16)8-9-4-3-5-9/h1-2,6-7,9H,3-5,8H2,(H2,16,17). The number of hydrogen-bond acceptors (Lipinski definition) is 3. The number of nitrogens with zero attached hydrogens (tertiary/aromatic N) is 1. The van der Waals surface area contributed by atoms with Gasteiger partial charge in [0.05, 0.1) is 5.56 Å². The summed E-state index contributed by atoms with van der Waals surface area (Å²) in [6.45, 7) is 0. The van der Waals surface area contributed by atoms with Crippen molar-refractivity contribution in [3.05, 3.63) is 34.5 Å². The molecule has 0 atom stereocenters. The van der Waals surface area contributed by atoms with Gasteiger partial charge in [-0.25, -0.2) is 0 Å².